The lowest BCUT2D eigenvalue weighted by atomic mass is 10.0. The fourth-order valence-electron chi connectivity index (χ4n) is 3.37. The number of rotatable bonds is 7. The molecule has 2 atom stereocenters. The average Bonchev–Trinajstić information content (AvgIpc) is 3.43. The van der Waals surface area contributed by atoms with Crippen LogP contribution in [0, 0.1) is 5.92 Å². The summed E-state index contributed by atoms with van der Waals surface area (Å²) < 4.78 is 0. The van der Waals surface area contributed by atoms with Crippen LogP contribution in [0.25, 0.3) is 0 Å². The third kappa shape index (κ3) is 5.40. The zero-order chi connectivity index (χ0) is 20.2. The third-order valence-electron chi connectivity index (χ3n) is 4.62. The highest BCUT2D eigenvalue weighted by Gasteiger charge is 2.29. The van der Waals surface area contributed by atoms with Crippen LogP contribution >= 0.6 is 34.0 Å². The van der Waals surface area contributed by atoms with Gasteiger partial charge in [-0.3, -0.25) is 9.59 Å². The maximum absolute atomic E-state index is 12.1. The summed E-state index contributed by atoms with van der Waals surface area (Å²) in [5.74, 6) is 0.596. The lowest BCUT2D eigenvalue weighted by molar-refractivity contribution is -0.116. The largest absolute Gasteiger partial charge is 0.301 e. The molecule has 29 heavy (non-hydrogen) atoms. The zero-order valence-electron chi connectivity index (χ0n) is 15.6. The van der Waals surface area contributed by atoms with E-state index in [0.717, 1.165) is 41.4 Å². The van der Waals surface area contributed by atoms with Gasteiger partial charge in [0.1, 0.15) is 10.0 Å². The second-order valence-electron chi connectivity index (χ2n) is 6.91. The summed E-state index contributed by atoms with van der Waals surface area (Å²) in [6.45, 7) is 1.46. The highest BCUT2D eigenvalue weighted by molar-refractivity contribution is 7.15. The number of amides is 2. The van der Waals surface area contributed by atoms with Gasteiger partial charge < -0.3 is 10.6 Å². The van der Waals surface area contributed by atoms with Gasteiger partial charge in [0.25, 0.3) is 0 Å². The Morgan fingerprint density at radius 3 is 2.72 bits per heavy atom. The second kappa shape index (κ2) is 9.01. The van der Waals surface area contributed by atoms with Gasteiger partial charge in [0, 0.05) is 24.6 Å². The summed E-state index contributed by atoms with van der Waals surface area (Å²) in [6, 6.07) is 0. The van der Waals surface area contributed by atoms with Gasteiger partial charge >= 0.3 is 0 Å². The Hall–Kier alpha value is -2.31. The highest BCUT2D eigenvalue weighted by atomic mass is 32.1. The van der Waals surface area contributed by atoms with Crippen LogP contribution in [0.4, 0.5) is 10.3 Å². The van der Waals surface area contributed by atoms with Gasteiger partial charge in [-0.25, -0.2) is 4.98 Å². The van der Waals surface area contributed by atoms with Crippen molar-refractivity contribution in [1.29, 1.82) is 0 Å². The van der Waals surface area contributed by atoms with Crippen molar-refractivity contribution >= 4 is 56.1 Å². The molecule has 2 N–H and O–H groups in total. The van der Waals surface area contributed by atoms with E-state index in [-0.39, 0.29) is 18.2 Å². The molecule has 0 aliphatic heterocycles. The van der Waals surface area contributed by atoms with E-state index in [0.29, 0.717) is 22.1 Å². The minimum absolute atomic E-state index is 0.134. The molecule has 4 rings (SSSR count). The Morgan fingerprint density at radius 1 is 1.10 bits per heavy atom. The van der Waals surface area contributed by atoms with Crippen LogP contribution in [0.1, 0.15) is 47.8 Å². The van der Waals surface area contributed by atoms with Crippen molar-refractivity contribution in [2.75, 3.05) is 10.6 Å². The maximum atomic E-state index is 12.1. The van der Waals surface area contributed by atoms with E-state index in [1.807, 2.05) is 5.38 Å². The van der Waals surface area contributed by atoms with Crippen LogP contribution in [0.5, 0.6) is 0 Å². The van der Waals surface area contributed by atoms with Crippen LogP contribution < -0.4 is 10.6 Å². The van der Waals surface area contributed by atoms with Crippen LogP contribution in [-0.2, 0) is 22.4 Å². The maximum Gasteiger partial charge on any atom is 0.232 e. The summed E-state index contributed by atoms with van der Waals surface area (Å²) in [5, 5.41) is 26.9. The first-order valence-electron chi connectivity index (χ1n) is 9.15. The monoisotopic (exact) mass is 449 g/mol. The third-order valence-corrected chi connectivity index (χ3v) is 7.11. The number of nitrogens with zero attached hydrogens (tertiary/aromatic N) is 5. The molecular formula is C17H19N7O2S3. The molecule has 12 heteroatoms. The zero-order valence-corrected chi connectivity index (χ0v) is 18.1. The van der Waals surface area contributed by atoms with Crippen molar-refractivity contribution < 1.29 is 9.59 Å². The Balaban J connectivity index is 1.27. The normalized spacial score (nSPS) is 18.7. The molecule has 0 saturated heterocycles. The van der Waals surface area contributed by atoms with Crippen LogP contribution in [0.15, 0.2) is 10.9 Å². The van der Waals surface area contributed by atoms with E-state index in [2.05, 4.69) is 36.0 Å². The Morgan fingerprint density at radius 2 is 1.93 bits per heavy atom. The predicted octanol–water partition coefficient (Wildman–Crippen LogP) is 3.11. The van der Waals surface area contributed by atoms with Crippen molar-refractivity contribution in [3.05, 3.63) is 26.6 Å². The number of aromatic nitrogens is 5. The Kier molecular flexibility index (Phi) is 6.21. The summed E-state index contributed by atoms with van der Waals surface area (Å²) in [6.07, 6.45) is 4.23. The van der Waals surface area contributed by atoms with Crippen LogP contribution in [-0.4, -0.2) is 37.2 Å². The Bertz CT molecular complexity index is 985. The number of nitrogens with one attached hydrogen (secondary N) is 2. The van der Waals surface area contributed by atoms with Gasteiger partial charge in [-0.2, -0.15) is 0 Å². The lowest BCUT2D eigenvalue weighted by Crippen LogP contribution is -2.14. The molecule has 2 amide bonds. The van der Waals surface area contributed by atoms with Gasteiger partial charge in [0.05, 0.1) is 17.6 Å². The topological polar surface area (TPSA) is 123 Å². The van der Waals surface area contributed by atoms with Gasteiger partial charge in [0.2, 0.25) is 22.1 Å². The number of anilines is 2. The summed E-state index contributed by atoms with van der Waals surface area (Å²) in [7, 11) is 0. The molecule has 0 bridgehead atoms. The molecule has 0 spiro atoms. The molecular weight excluding hydrogens is 430 g/mol. The van der Waals surface area contributed by atoms with Gasteiger partial charge in [0.15, 0.2) is 0 Å². The van der Waals surface area contributed by atoms with Crippen molar-refractivity contribution in [3.63, 3.8) is 0 Å². The molecule has 3 heterocycles. The summed E-state index contributed by atoms with van der Waals surface area (Å²) >= 11 is 4.34. The number of carbonyl (C=O) groups is 2. The predicted molar refractivity (Wildman–Crippen MR) is 112 cm³/mol. The smallest absolute Gasteiger partial charge is 0.232 e. The van der Waals surface area contributed by atoms with Crippen molar-refractivity contribution in [2.45, 2.75) is 44.9 Å². The molecule has 1 fully saturated rings. The molecule has 1 aliphatic carbocycles. The quantitative estimate of drug-likeness (QED) is 0.568. The van der Waals surface area contributed by atoms with Crippen LogP contribution in [0.3, 0.4) is 0 Å². The summed E-state index contributed by atoms with van der Waals surface area (Å²) in [5.41, 5.74) is 2.47. The Labute approximate surface area is 179 Å². The number of hydrogen-bond donors (Lipinski definition) is 2. The van der Waals surface area contributed by atoms with Crippen molar-refractivity contribution in [2.24, 2.45) is 5.92 Å². The van der Waals surface area contributed by atoms with E-state index in [9.17, 15) is 9.59 Å². The van der Waals surface area contributed by atoms with E-state index < -0.39 is 0 Å². The van der Waals surface area contributed by atoms with Crippen molar-refractivity contribution in [3.8, 4) is 0 Å². The van der Waals surface area contributed by atoms with E-state index in [1.165, 1.54) is 40.9 Å². The number of hydrogen-bond acceptors (Lipinski definition) is 10. The van der Waals surface area contributed by atoms with Gasteiger partial charge in [-0.1, -0.05) is 22.7 Å². The minimum atomic E-state index is -0.136. The van der Waals surface area contributed by atoms with E-state index >= 15 is 0 Å². The fourth-order valence-corrected chi connectivity index (χ4v) is 5.74. The SMILES string of the molecule is CC(=O)Nc1nnc(C2CCC(Cc3nnc(NC(=O)Cc4cscn4)s3)C2)s1. The molecule has 3 aromatic heterocycles. The highest BCUT2D eigenvalue weighted by Crippen LogP contribution is 2.41. The van der Waals surface area contributed by atoms with Crippen LogP contribution in [0.2, 0.25) is 0 Å². The number of carbonyl (C=O) groups excluding carboxylic acids is 2. The fraction of sp³-hybridized carbons (Fsp3) is 0.471. The molecule has 9 nitrogen and oxygen atoms in total. The molecule has 152 valence electrons. The lowest BCUT2D eigenvalue weighted by Gasteiger charge is -2.06. The molecule has 1 aliphatic rings. The second-order valence-corrected chi connectivity index (χ2v) is 9.70. The average molecular weight is 450 g/mol. The molecule has 0 aromatic carbocycles. The first-order valence-corrected chi connectivity index (χ1v) is 11.7. The van der Waals surface area contributed by atoms with Crippen molar-refractivity contribution in [1.82, 2.24) is 25.4 Å². The van der Waals surface area contributed by atoms with E-state index in [4.69, 9.17) is 0 Å². The summed E-state index contributed by atoms with van der Waals surface area (Å²) in [4.78, 5) is 27.3. The first kappa shape index (κ1) is 20.0. The minimum Gasteiger partial charge on any atom is -0.301 e. The molecule has 1 saturated carbocycles. The van der Waals surface area contributed by atoms with E-state index in [1.54, 1.807) is 5.51 Å². The van der Waals surface area contributed by atoms with Gasteiger partial charge in [-0.05, 0) is 25.2 Å². The number of thiazole rings is 1. The first-order chi connectivity index (χ1) is 14.0. The van der Waals surface area contributed by atoms with Gasteiger partial charge in [-0.15, -0.1) is 31.7 Å². The standard InChI is InChI=1S/C17H19N7O2S3/c1-9(25)19-16-24-22-15(29-16)11-3-2-10(4-11)5-14-21-23-17(28-14)20-13(26)6-12-7-27-8-18-12/h7-8,10-11H,2-6H2,1H3,(H,19,24,25)(H,20,23,26). The molecule has 3 aromatic rings. The molecule has 2 unspecified atom stereocenters. The molecule has 0 radical (unpaired) electrons.